The van der Waals surface area contributed by atoms with E-state index in [4.69, 9.17) is 4.74 Å². The Morgan fingerprint density at radius 2 is 2.44 bits per heavy atom. The largest absolute Gasteiger partial charge is 0.379 e. The molecule has 1 atom stereocenters. The summed E-state index contributed by atoms with van der Waals surface area (Å²) in [5, 5.41) is 15.0. The molecule has 1 aliphatic heterocycles. The molecule has 0 aliphatic carbocycles. The first-order chi connectivity index (χ1) is 7.61. The van der Waals surface area contributed by atoms with Gasteiger partial charge in [0.25, 0.3) is 0 Å². The molecule has 1 unspecified atom stereocenters. The zero-order valence-electron chi connectivity index (χ0n) is 8.85. The van der Waals surface area contributed by atoms with E-state index in [1.165, 1.54) is 0 Å². The van der Waals surface area contributed by atoms with Gasteiger partial charge in [-0.1, -0.05) is 0 Å². The third kappa shape index (κ3) is 1.97. The maximum absolute atomic E-state index is 10.8. The summed E-state index contributed by atoms with van der Waals surface area (Å²) in [4.78, 5) is 10.4. The van der Waals surface area contributed by atoms with Gasteiger partial charge in [-0.15, -0.1) is 0 Å². The summed E-state index contributed by atoms with van der Waals surface area (Å²) in [5.74, 6) is 0. The average Bonchev–Trinajstić information content (AvgIpc) is 2.55. The molecule has 1 saturated heterocycles. The van der Waals surface area contributed by atoms with Crippen LogP contribution < -0.4 is 0 Å². The number of rotatable bonds is 2. The highest BCUT2D eigenvalue weighted by atomic mass is 79.9. The number of aromatic nitrogens is 2. The van der Waals surface area contributed by atoms with Crippen molar-refractivity contribution in [2.75, 3.05) is 13.2 Å². The van der Waals surface area contributed by atoms with Crippen molar-refractivity contribution >= 4 is 21.6 Å². The maximum Gasteiger partial charge on any atom is 0.324 e. The summed E-state index contributed by atoms with van der Waals surface area (Å²) in [6.45, 7) is 3.05. The van der Waals surface area contributed by atoms with E-state index in [-0.39, 0.29) is 11.7 Å². The monoisotopic (exact) mass is 289 g/mol. The molecule has 0 radical (unpaired) electrons. The lowest BCUT2D eigenvalue weighted by Crippen LogP contribution is -2.23. The fraction of sp³-hybridized carbons (Fsp3) is 0.667. The van der Waals surface area contributed by atoms with Crippen LogP contribution in [0.3, 0.4) is 0 Å². The van der Waals surface area contributed by atoms with E-state index in [9.17, 15) is 10.1 Å². The second-order valence-electron chi connectivity index (χ2n) is 3.80. The van der Waals surface area contributed by atoms with Gasteiger partial charge in [-0.05, 0) is 35.7 Å². The van der Waals surface area contributed by atoms with Crippen LogP contribution in [0.4, 0.5) is 5.69 Å². The molecule has 1 aliphatic rings. The van der Waals surface area contributed by atoms with Crippen LogP contribution in [0.15, 0.2) is 4.60 Å². The summed E-state index contributed by atoms with van der Waals surface area (Å²) in [6, 6.07) is 0.110. The van der Waals surface area contributed by atoms with Crippen LogP contribution in [0, 0.1) is 17.0 Å². The lowest BCUT2D eigenvalue weighted by Gasteiger charge is -2.23. The Hall–Kier alpha value is -0.950. The summed E-state index contributed by atoms with van der Waals surface area (Å²) >= 11 is 3.12. The van der Waals surface area contributed by atoms with Crippen molar-refractivity contribution < 1.29 is 9.66 Å². The molecule has 88 valence electrons. The Kier molecular flexibility index (Phi) is 3.25. The molecule has 2 heterocycles. The fourth-order valence-corrected chi connectivity index (χ4v) is 2.56. The molecule has 0 aromatic carbocycles. The van der Waals surface area contributed by atoms with Crippen LogP contribution in [0.2, 0.25) is 0 Å². The van der Waals surface area contributed by atoms with E-state index < -0.39 is 4.92 Å². The Morgan fingerprint density at radius 3 is 2.94 bits per heavy atom. The molecule has 1 fully saturated rings. The first-order valence-electron chi connectivity index (χ1n) is 5.08. The van der Waals surface area contributed by atoms with E-state index in [2.05, 4.69) is 21.0 Å². The quantitative estimate of drug-likeness (QED) is 0.618. The molecule has 1 aromatic rings. The molecular formula is C9H12BrN3O3. The highest BCUT2D eigenvalue weighted by Gasteiger charge is 2.27. The standard InChI is InChI=1S/C9H12BrN3O3/c1-6-8(13(14)15)9(10)11-12(6)7-3-2-4-16-5-7/h7H,2-5H2,1H3. The molecule has 7 heteroatoms. The zero-order chi connectivity index (χ0) is 11.7. The summed E-state index contributed by atoms with van der Waals surface area (Å²) in [6.07, 6.45) is 1.92. The molecule has 1 aromatic heterocycles. The Balaban J connectivity index is 2.34. The predicted molar refractivity (Wildman–Crippen MR) is 60.4 cm³/mol. The number of ether oxygens (including phenoxy) is 1. The Morgan fingerprint density at radius 1 is 1.69 bits per heavy atom. The van der Waals surface area contributed by atoms with Gasteiger partial charge in [0.1, 0.15) is 5.69 Å². The van der Waals surface area contributed by atoms with Crippen molar-refractivity contribution in [3.63, 3.8) is 0 Å². The van der Waals surface area contributed by atoms with Crippen molar-refractivity contribution in [3.8, 4) is 0 Å². The van der Waals surface area contributed by atoms with Crippen molar-refractivity contribution in [3.05, 3.63) is 20.4 Å². The van der Waals surface area contributed by atoms with E-state index in [1.54, 1.807) is 11.6 Å². The molecule has 0 N–H and O–H groups in total. The van der Waals surface area contributed by atoms with Gasteiger partial charge in [-0.25, -0.2) is 0 Å². The van der Waals surface area contributed by atoms with E-state index in [0.29, 0.717) is 16.9 Å². The van der Waals surface area contributed by atoms with Gasteiger partial charge in [0, 0.05) is 6.61 Å². The minimum absolute atomic E-state index is 0.0468. The average molecular weight is 290 g/mol. The summed E-state index contributed by atoms with van der Waals surface area (Å²) in [5.41, 5.74) is 0.623. The lowest BCUT2D eigenvalue weighted by molar-refractivity contribution is -0.386. The van der Waals surface area contributed by atoms with Crippen molar-refractivity contribution in [1.82, 2.24) is 9.78 Å². The third-order valence-electron chi connectivity index (χ3n) is 2.74. The number of halogens is 1. The van der Waals surface area contributed by atoms with Crippen LogP contribution in [-0.4, -0.2) is 27.9 Å². The number of hydrogen-bond acceptors (Lipinski definition) is 4. The fourth-order valence-electron chi connectivity index (χ4n) is 1.95. The third-order valence-corrected chi connectivity index (χ3v) is 3.28. The van der Waals surface area contributed by atoms with Crippen LogP contribution >= 0.6 is 15.9 Å². The summed E-state index contributed by atoms with van der Waals surface area (Å²) in [7, 11) is 0. The first-order valence-corrected chi connectivity index (χ1v) is 5.87. The van der Waals surface area contributed by atoms with E-state index in [0.717, 1.165) is 19.4 Å². The second-order valence-corrected chi connectivity index (χ2v) is 4.55. The molecule has 0 bridgehead atoms. The van der Waals surface area contributed by atoms with Gasteiger partial charge in [0.2, 0.25) is 4.60 Å². The molecule has 6 nitrogen and oxygen atoms in total. The van der Waals surface area contributed by atoms with Gasteiger partial charge >= 0.3 is 5.69 Å². The minimum atomic E-state index is -0.410. The molecular weight excluding hydrogens is 278 g/mol. The van der Waals surface area contributed by atoms with Gasteiger partial charge in [0.15, 0.2) is 0 Å². The second kappa shape index (κ2) is 4.50. The number of nitro groups is 1. The SMILES string of the molecule is Cc1c([N+](=O)[O-])c(Br)nn1C1CCCOC1. The normalized spacial score (nSPS) is 21.0. The number of nitrogens with zero attached hydrogens (tertiary/aromatic N) is 3. The van der Waals surface area contributed by atoms with Crippen molar-refractivity contribution in [2.24, 2.45) is 0 Å². The first kappa shape index (κ1) is 11.5. The van der Waals surface area contributed by atoms with Crippen LogP contribution in [-0.2, 0) is 4.74 Å². The van der Waals surface area contributed by atoms with Crippen molar-refractivity contribution in [1.29, 1.82) is 0 Å². The molecule has 16 heavy (non-hydrogen) atoms. The minimum Gasteiger partial charge on any atom is -0.379 e. The van der Waals surface area contributed by atoms with Crippen LogP contribution in [0.25, 0.3) is 0 Å². The number of hydrogen-bond donors (Lipinski definition) is 0. The van der Waals surface area contributed by atoms with Gasteiger partial charge in [-0.2, -0.15) is 5.10 Å². The summed E-state index contributed by atoms with van der Waals surface area (Å²) < 4.78 is 7.34. The molecule has 0 amide bonds. The van der Waals surface area contributed by atoms with Gasteiger partial charge in [0.05, 0.1) is 17.6 Å². The zero-order valence-corrected chi connectivity index (χ0v) is 10.4. The van der Waals surface area contributed by atoms with Crippen LogP contribution in [0.5, 0.6) is 0 Å². The smallest absolute Gasteiger partial charge is 0.324 e. The maximum atomic E-state index is 10.8. The van der Waals surface area contributed by atoms with Gasteiger partial charge in [-0.3, -0.25) is 14.8 Å². The van der Waals surface area contributed by atoms with E-state index >= 15 is 0 Å². The highest BCUT2D eigenvalue weighted by Crippen LogP contribution is 2.31. The Bertz CT molecular complexity index is 412. The van der Waals surface area contributed by atoms with Crippen molar-refractivity contribution in [2.45, 2.75) is 25.8 Å². The molecule has 0 spiro atoms. The van der Waals surface area contributed by atoms with Gasteiger partial charge < -0.3 is 4.74 Å². The molecule has 2 rings (SSSR count). The highest BCUT2D eigenvalue weighted by molar-refractivity contribution is 9.10. The van der Waals surface area contributed by atoms with E-state index in [1.807, 2.05) is 0 Å². The Labute approximate surface area is 101 Å². The lowest BCUT2D eigenvalue weighted by atomic mass is 10.1. The molecule has 0 saturated carbocycles. The predicted octanol–water partition coefficient (Wildman–Crippen LogP) is 2.21. The topological polar surface area (TPSA) is 70.2 Å². The van der Waals surface area contributed by atoms with Crippen LogP contribution in [0.1, 0.15) is 24.6 Å².